The van der Waals surface area contributed by atoms with E-state index in [4.69, 9.17) is 15.9 Å². The summed E-state index contributed by atoms with van der Waals surface area (Å²) in [5, 5.41) is 12.5. The average molecular weight is 436 g/mol. The lowest BCUT2D eigenvalue weighted by atomic mass is 10.0. The molecule has 2 heterocycles. The minimum Gasteiger partial charge on any atom is -0.474 e. The fourth-order valence-electron chi connectivity index (χ4n) is 4.63. The zero-order chi connectivity index (χ0) is 22.7. The van der Waals surface area contributed by atoms with E-state index in [2.05, 4.69) is 24.0 Å². The lowest BCUT2D eigenvalue weighted by Crippen LogP contribution is -2.42. The number of nitrogens with one attached hydrogen (secondary N) is 1. The van der Waals surface area contributed by atoms with Gasteiger partial charge in [-0.1, -0.05) is 36.8 Å². The molecule has 0 radical (unpaired) electrons. The number of nitrogens with zero attached hydrogens (tertiary/aromatic N) is 3. The Bertz CT molecular complexity index is 968. The summed E-state index contributed by atoms with van der Waals surface area (Å²) >= 11 is 0. The molecule has 0 saturated carbocycles. The number of anilines is 1. The van der Waals surface area contributed by atoms with Crippen molar-refractivity contribution in [3.8, 4) is 5.75 Å². The second-order valence-electron chi connectivity index (χ2n) is 8.74. The molecule has 2 unspecified atom stereocenters. The number of unbranched alkanes of at least 4 members (excludes halogenated alkanes) is 2. The van der Waals surface area contributed by atoms with Gasteiger partial charge < -0.3 is 15.4 Å². The molecule has 2 atom stereocenters. The summed E-state index contributed by atoms with van der Waals surface area (Å²) in [5.74, 6) is 0.612. The number of hydrazine groups is 1. The summed E-state index contributed by atoms with van der Waals surface area (Å²) < 4.78 is 6.10. The van der Waals surface area contributed by atoms with Gasteiger partial charge in [0.05, 0.1) is 5.69 Å². The Hall–Kier alpha value is -2.90. The van der Waals surface area contributed by atoms with Crippen molar-refractivity contribution in [3.63, 3.8) is 0 Å². The molecular weight excluding hydrogens is 402 g/mol. The molecule has 0 aliphatic carbocycles. The van der Waals surface area contributed by atoms with E-state index in [1.54, 1.807) is 12.1 Å². The molecule has 4 rings (SSSR count). The third-order valence-corrected chi connectivity index (χ3v) is 6.48. The lowest BCUT2D eigenvalue weighted by Gasteiger charge is -2.35. The highest BCUT2D eigenvalue weighted by Crippen LogP contribution is 2.39. The van der Waals surface area contributed by atoms with Crippen molar-refractivity contribution in [1.82, 2.24) is 10.0 Å². The van der Waals surface area contributed by atoms with Gasteiger partial charge in [-0.3, -0.25) is 10.2 Å². The first-order chi connectivity index (χ1) is 15.5. The molecule has 2 aliphatic heterocycles. The van der Waals surface area contributed by atoms with Gasteiger partial charge in [-0.15, -0.1) is 0 Å². The summed E-state index contributed by atoms with van der Waals surface area (Å²) in [6, 6.07) is 15.5. The van der Waals surface area contributed by atoms with E-state index in [1.807, 2.05) is 41.3 Å². The van der Waals surface area contributed by atoms with Crippen LogP contribution in [-0.4, -0.2) is 54.5 Å². The van der Waals surface area contributed by atoms with Gasteiger partial charge in [-0.2, -0.15) is 0 Å². The first kappa shape index (κ1) is 22.3. The predicted molar refractivity (Wildman–Crippen MR) is 127 cm³/mol. The van der Waals surface area contributed by atoms with Crippen molar-refractivity contribution < 1.29 is 9.53 Å². The van der Waals surface area contributed by atoms with E-state index in [1.165, 1.54) is 6.42 Å². The van der Waals surface area contributed by atoms with Crippen LogP contribution < -0.4 is 15.4 Å². The van der Waals surface area contributed by atoms with Crippen LogP contribution in [0, 0.1) is 5.41 Å². The SMILES string of the molecule is CC1CCN(C)N1CCCCCN1C(=O)C(c2cccc(C(=N)N)c2)Oc2ccccc21. The molecule has 7 nitrogen and oxygen atoms in total. The Morgan fingerprint density at radius 1 is 1.12 bits per heavy atom. The summed E-state index contributed by atoms with van der Waals surface area (Å²) in [6.45, 7) is 5.14. The van der Waals surface area contributed by atoms with E-state index in [0.717, 1.165) is 38.0 Å². The maximum atomic E-state index is 13.4. The maximum absolute atomic E-state index is 13.4. The van der Waals surface area contributed by atoms with Gasteiger partial charge in [-0.25, -0.2) is 10.0 Å². The van der Waals surface area contributed by atoms with Gasteiger partial charge in [0.1, 0.15) is 11.6 Å². The molecular formula is C25H33N5O2. The van der Waals surface area contributed by atoms with Crippen LogP contribution >= 0.6 is 0 Å². The number of benzene rings is 2. The summed E-state index contributed by atoms with van der Waals surface area (Å²) in [6.07, 6.45) is 3.60. The number of amides is 1. The molecule has 0 spiro atoms. The van der Waals surface area contributed by atoms with Crippen LogP contribution in [-0.2, 0) is 4.79 Å². The van der Waals surface area contributed by atoms with E-state index >= 15 is 0 Å². The minimum atomic E-state index is -0.733. The number of hydrogen-bond donors (Lipinski definition) is 2. The number of nitrogen functional groups attached to an aromatic ring is 1. The number of fused-ring (bicyclic) bond motifs is 1. The van der Waals surface area contributed by atoms with Gasteiger partial charge >= 0.3 is 0 Å². The van der Waals surface area contributed by atoms with Gasteiger partial charge in [-0.05, 0) is 44.4 Å². The maximum Gasteiger partial charge on any atom is 0.272 e. The zero-order valence-electron chi connectivity index (χ0n) is 19.0. The molecule has 2 aliphatic rings. The van der Waals surface area contributed by atoms with Crippen molar-refractivity contribution >= 4 is 17.4 Å². The normalized spacial score (nSPS) is 21.4. The molecule has 2 aromatic rings. The largest absolute Gasteiger partial charge is 0.474 e. The molecule has 2 aromatic carbocycles. The van der Waals surface area contributed by atoms with E-state index in [-0.39, 0.29) is 11.7 Å². The number of rotatable bonds is 8. The van der Waals surface area contributed by atoms with Crippen LogP contribution in [0.1, 0.15) is 49.8 Å². The van der Waals surface area contributed by atoms with Gasteiger partial charge in [0, 0.05) is 43.9 Å². The highest BCUT2D eigenvalue weighted by atomic mass is 16.5. The molecule has 0 aromatic heterocycles. The quantitative estimate of drug-likeness (QED) is 0.376. The number of hydrogen-bond acceptors (Lipinski definition) is 5. The second kappa shape index (κ2) is 9.71. The van der Waals surface area contributed by atoms with Gasteiger partial charge in [0.2, 0.25) is 6.10 Å². The molecule has 1 amide bonds. The van der Waals surface area contributed by atoms with Crippen molar-refractivity contribution in [1.29, 1.82) is 5.41 Å². The van der Waals surface area contributed by atoms with Crippen LogP contribution in [0.4, 0.5) is 5.69 Å². The number of ether oxygens (including phenoxy) is 1. The van der Waals surface area contributed by atoms with Crippen molar-refractivity contribution in [2.45, 2.75) is 44.8 Å². The van der Waals surface area contributed by atoms with Crippen molar-refractivity contribution in [2.24, 2.45) is 5.73 Å². The molecule has 7 heteroatoms. The third-order valence-electron chi connectivity index (χ3n) is 6.48. The Balaban J connectivity index is 1.43. The van der Waals surface area contributed by atoms with E-state index < -0.39 is 6.10 Å². The zero-order valence-corrected chi connectivity index (χ0v) is 19.0. The van der Waals surface area contributed by atoms with Crippen LogP contribution in [0.3, 0.4) is 0 Å². The van der Waals surface area contributed by atoms with Crippen LogP contribution in [0.15, 0.2) is 48.5 Å². The topological polar surface area (TPSA) is 85.9 Å². The van der Waals surface area contributed by atoms with E-state index in [0.29, 0.717) is 29.5 Å². The molecule has 0 bridgehead atoms. The molecule has 32 heavy (non-hydrogen) atoms. The lowest BCUT2D eigenvalue weighted by molar-refractivity contribution is -0.126. The van der Waals surface area contributed by atoms with Crippen LogP contribution in [0.5, 0.6) is 5.75 Å². The number of carbonyl (C=O) groups excluding carboxylic acids is 1. The standard InChI is InChI=1S/C25H33N5O2/c1-18-13-16-28(2)30(18)15-7-3-6-14-29-21-11-4-5-12-22(21)32-23(25(29)31)19-9-8-10-20(17-19)24(26)27/h4-5,8-12,17-18,23H,3,6-7,13-16H2,1-2H3,(H3,26,27). The summed E-state index contributed by atoms with van der Waals surface area (Å²) in [4.78, 5) is 15.3. The number of nitrogens with two attached hydrogens (primary N) is 1. The molecule has 3 N–H and O–H groups in total. The first-order valence-corrected chi connectivity index (χ1v) is 11.4. The fraction of sp³-hybridized carbons (Fsp3) is 0.440. The highest BCUT2D eigenvalue weighted by Gasteiger charge is 2.35. The highest BCUT2D eigenvalue weighted by molar-refractivity contribution is 6.01. The number of para-hydroxylation sites is 2. The Morgan fingerprint density at radius 3 is 2.66 bits per heavy atom. The summed E-state index contributed by atoms with van der Waals surface area (Å²) in [5.41, 5.74) is 7.78. The average Bonchev–Trinajstić information content (AvgIpc) is 3.12. The van der Waals surface area contributed by atoms with Crippen molar-refractivity contribution in [3.05, 3.63) is 59.7 Å². The number of amidine groups is 1. The number of carbonyl (C=O) groups is 1. The van der Waals surface area contributed by atoms with Gasteiger partial charge in [0.15, 0.2) is 0 Å². The monoisotopic (exact) mass is 435 g/mol. The third kappa shape index (κ3) is 4.64. The van der Waals surface area contributed by atoms with Crippen LogP contribution in [0.2, 0.25) is 0 Å². The molecule has 1 fully saturated rings. The predicted octanol–water partition coefficient (Wildman–Crippen LogP) is 3.55. The summed E-state index contributed by atoms with van der Waals surface area (Å²) in [7, 11) is 2.16. The molecule has 1 saturated heterocycles. The Morgan fingerprint density at radius 2 is 1.91 bits per heavy atom. The van der Waals surface area contributed by atoms with E-state index in [9.17, 15) is 4.79 Å². The first-order valence-electron chi connectivity index (χ1n) is 11.4. The Labute approximate surface area is 190 Å². The van der Waals surface area contributed by atoms with Crippen LogP contribution in [0.25, 0.3) is 0 Å². The smallest absolute Gasteiger partial charge is 0.272 e. The Kier molecular flexibility index (Phi) is 6.77. The second-order valence-corrected chi connectivity index (χ2v) is 8.74. The van der Waals surface area contributed by atoms with Gasteiger partial charge in [0.25, 0.3) is 5.91 Å². The fourth-order valence-corrected chi connectivity index (χ4v) is 4.63. The molecule has 170 valence electrons. The van der Waals surface area contributed by atoms with Crippen molar-refractivity contribution in [2.75, 3.05) is 31.6 Å². The minimum absolute atomic E-state index is 0.0228.